The van der Waals surface area contributed by atoms with E-state index in [9.17, 15) is 13.6 Å². The highest BCUT2D eigenvalue weighted by Gasteiger charge is 2.71. The molecule has 9 heteroatoms. The molecule has 3 heterocycles. The molecule has 140 valence electrons. The van der Waals surface area contributed by atoms with Crippen molar-refractivity contribution in [3.63, 3.8) is 0 Å². The molecule has 0 N–H and O–H groups in total. The first kappa shape index (κ1) is 17.0. The number of carbonyl (C=O) groups is 1. The number of ether oxygens (including phenoxy) is 1. The van der Waals surface area contributed by atoms with Crippen molar-refractivity contribution in [2.75, 3.05) is 19.7 Å². The zero-order valence-electron chi connectivity index (χ0n) is 14.7. The lowest BCUT2D eigenvalue weighted by Gasteiger charge is -2.32. The highest BCUT2D eigenvalue weighted by Crippen LogP contribution is 2.59. The van der Waals surface area contributed by atoms with Crippen LogP contribution in [0.1, 0.15) is 24.3 Å². The monoisotopic (exact) mass is 365 g/mol. The predicted octanol–water partition coefficient (Wildman–Crippen LogP) is 1.79. The van der Waals surface area contributed by atoms with E-state index in [0.29, 0.717) is 26.4 Å². The summed E-state index contributed by atoms with van der Waals surface area (Å²) in [4.78, 5) is 24.3. The van der Waals surface area contributed by atoms with Gasteiger partial charge in [0.15, 0.2) is 5.69 Å². The Labute approximate surface area is 149 Å². The van der Waals surface area contributed by atoms with Gasteiger partial charge in [0, 0.05) is 25.5 Å². The molecule has 0 spiro atoms. The summed E-state index contributed by atoms with van der Waals surface area (Å²) < 4.78 is 33.4. The van der Waals surface area contributed by atoms with Gasteiger partial charge in [-0.1, -0.05) is 0 Å². The lowest BCUT2D eigenvalue weighted by molar-refractivity contribution is 0.0519. The van der Waals surface area contributed by atoms with Crippen LogP contribution in [0.4, 0.5) is 8.78 Å². The van der Waals surface area contributed by atoms with Gasteiger partial charge in [0.05, 0.1) is 31.4 Å². The molecule has 1 saturated carbocycles. The normalized spacial score (nSPS) is 28.8. The van der Waals surface area contributed by atoms with E-state index in [-0.39, 0.29) is 11.9 Å². The molecule has 0 amide bonds. The quantitative estimate of drug-likeness (QED) is 0.762. The number of rotatable bonds is 4. The van der Waals surface area contributed by atoms with Crippen LogP contribution in [0, 0.1) is 11.8 Å². The van der Waals surface area contributed by atoms with Crippen LogP contribution in [0.15, 0.2) is 29.8 Å². The molecule has 1 saturated heterocycles. The maximum atomic E-state index is 13.3. The first-order valence-electron chi connectivity index (χ1n) is 8.73. The molecule has 3 atom stereocenters. The van der Waals surface area contributed by atoms with E-state index in [1.807, 2.05) is 29.0 Å². The lowest BCUT2D eigenvalue weighted by Crippen LogP contribution is -2.39. The average Bonchev–Trinajstić information content (AvgIpc) is 3.05. The number of likely N-dealkylation sites (tertiary alicyclic amines) is 1. The number of aromatic nitrogens is 2. The average molecular weight is 365 g/mol. The number of nitrogens with zero attached hydrogens (tertiary/aromatic N) is 5. The molecule has 26 heavy (non-hydrogen) atoms. The minimum atomic E-state index is -2.48. The number of piperidine rings is 1. The fourth-order valence-corrected chi connectivity index (χ4v) is 3.58. The van der Waals surface area contributed by atoms with Gasteiger partial charge in [-0.3, -0.25) is 0 Å². The second-order valence-corrected chi connectivity index (χ2v) is 6.88. The summed E-state index contributed by atoms with van der Waals surface area (Å²) in [6.45, 7) is 5.22. The topological polar surface area (TPSA) is 63.0 Å². The number of imidazole rings is 1. The molecule has 0 radical (unpaired) electrons. The van der Waals surface area contributed by atoms with E-state index in [1.165, 1.54) is 0 Å². The largest absolute Gasteiger partial charge is 0.461 e. The van der Waals surface area contributed by atoms with E-state index in [0.717, 1.165) is 5.84 Å². The fraction of sp³-hybridized carbons (Fsp3) is 0.588. The zero-order chi connectivity index (χ0) is 18.5. The third-order valence-electron chi connectivity index (χ3n) is 5.18. The van der Waals surface area contributed by atoms with Gasteiger partial charge < -0.3 is 19.1 Å². The lowest BCUT2D eigenvalue weighted by atomic mass is 10.3. The molecule has 4 rings (SSSR count). The Kier molecular flexibility index (Phi) is 3.96. The Morgan fingerprint density at radius 3 is 2.77 bits per heavy atom. The molecule has 0 bridgehead atoms. The van der Waals surface area contributed by atoms with Crippen molar-refractivity contribution < 1.29 is 18.3 Å². The van der Waals surface area contributed by atoms with Crippen LogP contribution < -0.4 is 0 Å². The molecule has 2 aliphatic heterocycles. The molecule has 3 unspecified atom stereocenters. The van der Waals surface area contributed by atoms with Crippen molar-refractivity contribution in [3.05, 3.63) is 30.5 Å². The van der Waals surface area contributed by atoms with Crippen molar-refractivity contribution in [2.45, 2.75) is 32.6 Å². The maximum absolute atomic E-state index is 13.3. The summed E-state index contributed by atoms with van der Waals surface area (Å²) in [5, 5.41) is 0. The summed E-state index contributed by atoms with van der Waals surface area (Å²) in [6, 6.07) is 0. The third-order valence-corrected chi connectivity index (χ3v) is 5.18. The Hall–Kier alpha value is -2.45. The molecule has 1 aliphatic carbocycles. The fourth-order valence-electron chi connectivity index (χ4n) is 3.58. The van der Waals surface area contributed by atoms with E-state index in [1.54, 1.807) is 24.0 Å². The van der Waals surface area contributed by atoms with Crippen molar-refractivity contribution in [1.29, 1.82) is 0 Å². The molecule has 2 fully saturated rings. The maximum Gasteiger partial charge on any atom is 0.358 e. The molecule has 7 nitrogen and oxygen atoms in total. The summed E-state index contributed by atoms with van der Waals surface area (Å²) in [7, 11) is 0. The highest BCUT2D eigenvalue weighted by atomic mass is 19.3. The predicted molar refractivity (Wildman–Crippen MR) is 89.6 cm³/mol. The van der Waals surface area contributed by atoms with E-state index >= 15 is 0 Å². The van der Waals surface area contributed by atoms with Gasteiger partial charge in [0.1, 0.15) is 12.0 Å². The number of alkyl halides is 2. The van der Waals surface area contributed by atoms with Crippen LogP contribution in [0.2, 0.25) is 0 Å². The standard InChI is InChI=1S/C17H21F2N5O2/c1-3-26-16(25)14-8-22(9-20-14)10-23-5-4-15(21-11(23)2)24-6-12-13(7-24)17(12,18)19/h4-5,8-9,11-13H,3,6-7,10H2,1-2H3. The molecule has 1 aromatic heterocycles. The third kappa shape index (κ3) is 2.85. The molecular weight excluding hydrogens is 344 g/mol. The van der Waals surface area contributed by atoms with Gasteiger partial charge in [0.2, 0.25) is 0 Å². The van der Waals surface area contributed by atoms with Gasteiger partial charge in [-0.05, 0) is 19.9 Å². The minimum Gasteiger partial charge on any atom is -0.461 e. The first-order valence-corrected chi connectivity index (χ1v) is 8.73. The number of esters is 1. The highest BCUT2D eigenvalue weighted by molar-refractivity contribution is 5.94. The Balaban J connectivity index is 1.35. The Bertz CT molecular complexity index is 761. The SMILES string of the molecule is CCOC(=O)c1cn(CN2C=CC(N3CC4C(C3)C4(F)F)=NC2C)cn1. The number of fused-ring (bicyclic) bond motifs is 1. The van der Waals surface area contributed by atoms with Crippen LogP contribution >= 0.6 is 0 Å². The second-order valence-electron chi connectivity index (χ2n) is 6.88. The first-order chi connectivity index (χ1) is 12.4. The van der Waals surface area contributed by atoms with Crippen LogP contribution in [0.3, 0.4) is 0 Å². The van der Waals surface area contributed by atoms with E-state index in [4.69, 9.17) is 4.74 Å². The van der Waals surface area contributed by atoms with Crippen molar-refractivity contribution >= 4 is 11.8 Å². The summed E-state index contributed by atoms with van der Waals surface area (Å²) in [6.07, 6.45) is 6.82. The van der Waals surface area contributed by atoms with Crippen molar-refractivity contribution in [3.8, 4) is 0 Å². The van der Waals surface area contributed by atoms with Gasteiger partial charge in [-0.25, -0.2) is 23.6 Å². The molecule has 1 aromatic rings. The van der Waals surface area contributed by atoms with Gasteiger partial charge in [0.25, 0.3) is 5.92 Å². The summed E-state index contributed by atoms with van der Waals surface area (Å²) in [5.74, 6) is -3.20. The Morgan fingerprint density at radius 2 is 2.12 bits per heavy atom. The smallest absolute Gasteiger partial charge is 0.358 e. The number of aliphatic imine (C=N–C) groups is 1. The van der Waals surface area contributed by atoms with Crippen LogP contribution in [0.5, 0.6) is 0 Å². The number of carbonyl (C=O) groups excluding carboxylic acids is 1. The number of hydrogen-bond acceptors (Lipinski definition) is 6. The van der Waals surface area contributed by atoms with Crippen LogP contribution in [0.25, 0.3) is 0 Å². The second kappa shape index (κ2) is 6.07. The van der Waals surface area contributed by atoms with Gasteiger partial charge in [-0.15, -0.1) is 0 Å². The Morgan fingerprint density at radius 1 is 1.38 bits per heavy atom. The van der Waals surface area contributed by atoms with Gasteiger partial charge >= 0.3 is 5.97 Å². The minimum absolute atomic E-state index is 0.138. The molecule has 0 aromatic carbocycles. The van der Waals surface area contributed by atoms with Gasteiger partial charge in [-0.2, -0.15) is 0 Å². The van der Waals surface area contributed by atoms with E-state index < -0.39 is 23.7 Å². The molecule has 3 aliphatic rings. The number of hydrogen-bond donors (Lipinski definition) is 0. The van der Waals surface area contributed by atoms with Crippen LogP contribution in [-0.4, -0.2) is 62.9 Å². The number of halogens is 2. The number of amidine groups is 1. The van der Waals surface area contributed by atoms with E-state index in [2.05, 4.69) is 9.98 Å². The summed E-state index contributed by atoms with van der Waals surface area (Å²) in [5.41, 5.74) is 0.266. The summed E-state index contributed by atoms with van der Waals surface area (Å²) >= 11 is 0. The van der Waals surface area contributed by atoms with Crippen LogP contribution in [-0.2, 0) is 11.4 Å². The zero-order valence-corrected chi connectivity index (χ0v) is 14.7. The van der Waals surface area contributed by atoms with Crippen molar-refractivity contribution in [1.82, 2.24) is 19.4 Å². The molecular formula is C17H21F2N5O2. The van der Waals surface area contributed by atoms with Crippen molar-refractivity contribution in [2.24, 2.45) is 16.8 Å².